The normalized spacial score (nSPS) is 29.8. The van der Waals surface area contributed by atoms with Crippen molar-refractivity contribution in [2.45, 2.75) is 31.5 Å². The Hall–Kier alpha value is -2.70. The highest BCUT2D eigenvalue weighted by Crippen LogP contribution is 2.55. The number of hydrogen-bond donors (Lipinski definition) is 1. The summed E-state index contributed by atoms with van der Waals surface area (Å²) in [6, 6.07) is 14.7. The second-order valence-corrected chi connectivity index (χ2v) is 8.61. The third-order valence-corrected chi connectivity index (χ3v) is 7.18. The van der Waals surface area contributed by atoms with E-state index in [-0.39, 0.29) is 23.8 Å². The van der Waals surface area contributed by atoms with Crippen LogP contribution >= 0.6 is 11.6 Å². The fourth-order valence-electron chi connectivity index (χ4n) is 5.40. The molecule has 3 aliphatic heterocycles. The maximum atomic E-state index is 14.0. The van der Waals surface area contributed by atoms with Crippen molar-refractivity contribution in [3.63, 3.8) is 0 Å². The fourth-order valence-corrected chi connectivity index (χ4v) is 5.59. The molecule has 0 radical (unpaired) electrons. The molecule has 4 atom stereocenters. The first-order chi connectivity index (χ1) is 14.4. The van der Waals surface area contributed by atoms with E-state index in [0.29, 0.717) is 18.0 Å². The molecule has 1 spiro atoms. The van der Waals surface area contributed by atoms with Crippen LogP contribution in [0.5, 0.6) is 0 Å². The van der Waals surface area contributed by atoms with E-state index < -0.39 is 17.4 Å². The summed E-state index contributed by atoms with van der Waals surface area (Å²) in [5, 5.41) is 4.03. The smallest absolute Gasteiger partial charge is 0.253 e. The summed E-state index contributed by atoms with van der Waals surface area (Å²) in [5.41, 5.74) is 1.09. The van der Waals surface area contributed by atoms with E-state index >= 15 is 0 Å². The van der Waals surface area contributed by atoms with E-state index in [1.807, 2.05) is 49.4 Å². The number of nitrogens with one attached hydrogen (secondary N) is 1. The number of anilines is 1. The van der Waals surface area contributed by atoms with Crippen LogP contribution in [0.25, 0.3) is 0 Å². The number of nitrogens with zero attached hydrogens (tertiary/aromatic N) is 2. The minimum Gasteiger partial charge on any atom is -0.306 e. The predicted octanol–water partition coefficient (Wildman–Crippen LogP) is 2.69. The highest BCUT2D eigenvalue weighted by molar-refractivity contribution is 6.31. The highest BCUT2D eigenvalue weighted by Gasteiger charge is 2.70. The van der Waals surface area contributed by atoms with E-state index in [1.165, 1.54) is 11.9 Å². The largest absolute Gasteiger partial charge is 0.306 e. The van der Waals surface area contributed by atoms with Gasteiger partial charge in [0.1, 0.15) is 5.54 Å². The molecule has 6 nitrogen and oxygen atoms in total. The summed E-state index contributed by atoms with van der Waals surface area (Å²) in [6.45, 7) is 2.27. The van der Waals surface area contributed by atoms with Crippen LogP contribution in [0.15, 0.2) is 48.5 Å². The molecule has 2 aromatic carbocycles. The second-order valence-electron chi connectivity index (χ2n) is 8.21. The van der Waals surface area contributed by atoms with Crippen LogP contribution in [-0.4, -0.2) is 35.7 Å². The lowest BCUT2D eigenvalue weighted by atomic mass is 9.76. The van der Waals surface area contributed by atoms with Gasteiger partial charge in [0.25, 0.3) is 5.91 Å². The zero-order valence-electron chi connectivity index (χ0n) is 16.8. The molecular weight excluding hydrogens is 402 g/mol. The number of rotatable bonds is 3. The molecule has 0 aliphatic carbocycles. The molecule has 2 fully saturated rings. The average Bonchev–Trinajstić information content (AvgIpc) is 3.31. The molecule has 2 aromatic rings. The molecular formula is C23H22ClN3O3. The number of halogens is 1. The summed E-state index contributed by atoms with van der Waals surface area (Å²) in [7, 11) is 1.51. The van der Waals surface area contributed by atoms with Crippen LogP contribution in [0.1, 0.15) is 24.5 Å². The van der Waals surface area contributed by atoms with Gasteiger partial charge in [0.2, 0.25) is 11.8 Å². The summed E-state index contributed by atoms with van der Waals surface area (Å²) < 4.78 is 0. The quantitative estimate of drug-likeness (QED) is 0.770. The van der Waals surface area contributed by atoms with Crippen molar-refractivity contribution in [2.75, 3.05) is 11.9 Å². The lowest BCUT2D eigenvalue weighted by Crippen LogP contribution is -2.54. The minimum atomic E-state index is -1.24. The van der Waals surface area contributed by atoms with Crippen LogP contribution < -0.4 is 10.2 Å². The maximum Gasteiger partial charge on any atom is 0.253 e. The lowest BCUT2D eigenvalue weighted by molar-refractivity contribution is -0.141. The number of hydrogen-bond acceptors (Lipinski definition) is 4. The zero-order chi connectivity index (χ0) is 21.2. The van der Waals surface area contributed by atoms with E-state index in [1.54, 1.807) is 11.0 Å². The fraction of sp³-hybridized carbons (Fsp3) is 0.348. The molecule has 2 saturated heterocycles. The second kappa shape index (κ2) is 6.65. The number of benzene rings is 2. The first-order valence-electron chi connectivity index (χ1n) is 10.2. The molecule has 3 amide bonds. The highest BCUT2D eigenvalue weighted by atomic mass is 35.5. The van der Waals surface area contributed by atoms with Gasteiger partial charge in [-0.15, -0.1) is 0 Å². The van der Waals surface area contributed by atoms with Gasteiger partial charge in [-0.05, 0) is 24.1 Å². The van der Waals surface area contributed by atoms with Crippen molar-refractivity contribution in [3.05, 3.63) is 64.7 Å². The molecule has 5 rings (SSSR count). The van der Waals surface area contributed by atoms with Crippen molar-refractivity contribution in [1.82, 2.24) is 10.2 Å². The molecule has 154 valence electrons. The Labute approximate surface area is 179 Å². The average molecular weight is 424 g/mol. The summed E-state index contributed by atoms with van der Waals surface area (Å²) in [5.74, 6) is -1.99. The molecule has 0 saturated carbocycles. The van der Waals surface area contributed by atoms with E-state index in [4.69, 9.17) is 11.6 Å². The Morgan fingerprint density at radius 1 is 1.03 bits per heavy atom. The van der Waals surface area contributed by atoms with Gasteiger partial charge in [-0.2, -0.15) is 0 Å². The number of amides is 3. The SMILES string of the molecule is CC[C@H]1N[C@]2(C(=O)N(Cc3ccccc3Cl)c3ccccc32)[C@@H]2C(=O)N(C)C(=O)[C@@H]21. The maximum absolute atomic E-state index is 14.0. The Kier molecular flexibility index (Phi) is 4.27. The molecule has 30 heavy (non-hydrogen) atoms. The van der Waals surface area contributed by atoms with Gasteiger partial charge < -0.3 is 4.90 Å². The van der Waals surface area contributed by atoms with Crippen molar-refractivity contribution in [1.29, 1.82) is 0 Å². The van der Waals surface area contributed by atoms with Gasteiger partial charge in [-0.25, -0.2) is 0 Å². The Balaban J connectivity index is 1.66. The molecule has 0 bridgehead atoms. The van der Waals surface area contributed by atoms with Crippen LogP contribution in [0, 0.1) is 11.8 Å². The predicted molar refractivity (Wildman–Crippen MR) is 113 cm³/mol. The van der Waals surface area contributed by atoms with Gasteiger partial charge >= 0.3 is 0 Å². The summed E-state index contributed by atoms with van der Waals surface area (Å²) in [6.07, 6.45) is 0.649. The molecule has 0 unspecified atom stereocenters. The van der Waals surface area contributed by atoms with E-state index in [0.717, 1.165) is 16.8 Å². The lowest BCUT2D eigenvalue weighted by Gasteiger charge is -2.30. The van der Waals surface area contributed by atoms with Crippen LogP contribution in [0.3, 0.4) is 0 Å². The number of fused-ring (bicyclic) bond motifs is 4. The van der Waals surface area contributed by atoms with Crippen molar-refractivity contribution >= 4 is 35.0 Å². The van der Waals surface area contributed by atoms with Crippen LogP contribution in [0.2, 0.25) is 5.02 Å². The molecule has 3 aliphatic rings. The van der Waals surface area contributed by atoms with E-state index in [2.05, 4.69) is 5.32 Å². The van der Waals surface area contributed by atoms with Crippen LogP contribution in [-0.2, 0) is 26.5 Å². The molecule has 3 heterocycles. The third kappa shape index (κ3) is 2.32. The van der Waals surface area contributed by atoms with Crippen molar-refractivity contribution < 1.29 is 14.4 Å². The van der Waals surface area contributed by atoms with Gasteiger partial charge in [-0.3, -0.25) is 24.6 Å². The topological polar surface area (TPSA) is 69.7 Å². The zero-order valence-corrected chi connectivity index (χ0v) is 17.5. The van der Waals surface area contributed by atoms with Gasteiger partial charge in [0.15, 0.2) is 0 Å². The van der Waals surface area contributed by atoms with E-state index in [9.17, 15) is 14.4 Å². The van der Waals surface area contributed by atoms with Crippen LogP contribution in [0.4, 0.5) is 5.69 Å². The summed E-state index contributed by atoms with van der Waals surface area (Å²) in [4.78, 5) is 42.9. The van der Waals surface area contributed by atoms with Gasteiger partial charge in [-0.1, -0.05) is 54.9 Å². The Bertz CT molecular complexity index is 1090. The van der Waals surface area contributed by atoms with Crippen molar-refractivity contribution in [2.24, 2.45) is 11.8 Å². The molecule has 1 N–H and O–H groups in total. The first-order valence-corrected chi connectivity index (χ1v) is 10.5. The minimum absolute atomic E-state index is 0.203. The monoisotopic (exact) mass is 423 g/mol. The number of likely N-dealkylation sites (tertiary alicyclic amines) is 1. The number of carbonyl (C=O) groups excluding carboxylic acids is 3. The number of imide groups is 1. The first kappa shape index (κ1) is 19.3. The van der Waals surface area contributed by atoms with Gasteiger partial charge in [0, 0.05) is 29.4 Å². The number of para-hydroxylation sites is 1. The molecule has 7 heteroatoms. The Morgan fingerprint density at radius 3 is 2.47 bits per heavy atom. The number of carbonyl (C=O) groups is 3. The standard InChI is InChI=1S/C23H22ClN3O3/c1-3-16-18-19(21(29)26(2)20(18)28)23(25-16)14-9-5-7-11-17(14)27(22(23)30)12-13-8-4-6-10-15(13)24/h4-11,16,18-19,25H,3,12H2,1-2H3/t16-,18-,19+,23+/m1/s1. The third-order valence-electron chi connectivity index (χ3n) is 6.81. The molecule has 0 aromatic heterocycles. The Morgan fingerprint density at radius 2 is 1.73 bits per heavy atom. The summed E-state index contributed by atoms with van der Waals surface area (Å²) >= 11 is 6.37. The van der Waals surface area contributed by atoms with Crippen molar-refractivity contribution in [3.8, 4) is 0 Å². The van der Waals surface area contributed by atoms with Gasteiger partial charge in [0.05, 0.1) is 18.4 Å².